The molecule has 1 fully saturated rings. The topological polar surface area (TPSA) is 46.3 Å². The predicted octanol–water partition coefficient (Wildman–Crippen LogP) is 1.68. The molecule has 3 heteroatoms. The van der Waals surface area contributed by atoms with Crippen molar-refractivity contribution in [3.8, 4) is 0 Å². The van der Waals surface area contributed by atoms with Gasteiger partial charge < -0.3 is 5.73 Å². The van der Waals surface area contributed by atoms with Crippen LogP contribution < -0.4 is 5.73 Å². The van der Waals surface area contributed by atoms with Gasteiger partial charge in [-0.2, -0.15) is 0 Å². The summed E-state index contributed by atoms with van der Waals surface area (Å²) in [5.41, 5.74) is 6.42. The maximum absolute atomic E-state index is 11.3. The first kappa shape index (κ1) is 12.2. The third-order valence-electron chi connectivity index (χ3n) is 3.29. The van der Waals surface area contributed by atoms with E-state index in [0.717, 1.165) is 32.4 Å². The van der Waals surface area contributed by atoms with Gasteiger partial charge in [0.15, 0.2) is 0 Å². The van der Waals surface area contributed by atoms with Crippen LogP contribution in [0.5, 0.6) is 0 Å². The van der Waals surface area contributed by atoms with E-state index >= 15 is 0 Å². The third kappa shape index (κ3) is 2.81. The molecular weight excluding hydrogens is 188 g/mol. The second-order valence-electron chi connectivity index (χ2n) is 4.68. The Labute approximate surface area is 92.3 Å². The van der Waals surface area contributed by atoms with Gasteiger partial charge in [0.2, 0.25) is 5.91 Å². The molecular formula is C12H22N2O. The monoisotopic (exact) mass is 210 g/mol. The number of nitrogens with two attached hydrogens (primary N) is 1. The van der Waals surface area contributed by atoms with Crippen LogP contribution in [0.4, 0.5) is 0 Å². The van der Waals surface area contributed by atoms with Gasteiger partial charge in [0, 0.05) is 13.1 Å². The number of carbonyl (C=O) groups is 1. The lowest BCUT2D eigenvalue weighted by molar-refractivity contribution is -0.128. The number of piperidine rings is 1. The molecule has 0 atom stereocenters. The summed E-state index contributed by atoms with van der Waals surface area (Å²) < 4.78 is 0. The molecule has 0 unspecified atom stereocenters. The lowest BCUT2D eigenvalue weighted by Crippen LogP contribution is -2.55. The standard InChI is InChI=1S/C12H22N2O/c1-4-5-10-6-8-14(9-7-10)12(2,3)11(13)15/h5H,4,6-9H2,1-3H3,(H2,13,15). The van der Waals surface area contributed by atoms with Gasteiger partial charge in [0.25, 0.3) is 0 Å². The van der Waals surface area contributed by atoms with Gasteiger partial charge >= 0.3 is 0 Å². The van der Waals surface area contributed by atoms with Crippen LogP contribution in [0.3, 0.4) is 0 Å². The number of hydrogen-bond donors (Lipinski definition) is 1. The van der Waals surface area contributed by atoms with Gasteiger partial charge in [-0.25, -0.2) is 0 Å². The van der Waals surface area contributed by atoms with Crippen molar-refractivity contribution in [2.45, 2.75) is 45.6 Å². The van der Waals surface area contributed by atoms with Crippen molar-refractivity contribution in [2.24, 2.45) is 5.73 Å². The normalized spacial score (nSPS) is 19.0. The summed E-state index contributed by atoms with van der Waals surface area (Å²) in [6.45, 7) is 7.87. The average molecular weight is 210 g/mol. The average Bonchev–Trinajstić information content (AvgIpc) is 2.19. The quantitative estimate of drug-likeness (QED) is 0.720. The molecule has 1 amide bonds. The van der Waals surface area contributed by atoms with Crippen LogP contribution in [0.15, 0.2) is 11.6 Å². The smallest absolute Gasteiger partial charge is 0.237 e. The first-order valence-electron chi connectivity index (χ1n) is 5.71. The van der Waals surface area contributed by atoms with E-state index in [4.69, 9.17) is 5.73 Å². The molecule has 1 saturated heterocycles. The second-order valence-corrected chi connectivity index (χ2v) is 4.68. The lowest BCUT2D eigenvalue weighted by Gasteiger charge is -2.39. The highest BCUT2D eigenvalue weighted by Crippen LogP contribution is 2.23. The summed E-state index contributed by atoms with van der Waals surface area (Å²) >= 11 is 0. The number of allylic oxidation sites excluding steroid dienone is 1. The van der Waals surface area contributed by atoms with Crippen molar-refractivity contribution in [3.05, 3.63) is 11.6 Å². The van der Waals surface area contributed by atoms with Gasteiger partial charge in [-0.05, 0) is 33.1 Å². The van der Waals surface area contributed by atoms with Crippen LogP contribution in [0.25, 0.3) is 0 Å². The molecule has 86 valence electrons. The van der Waals surface area contributed by atoms with Crippen molar-refractivity contribution in [1.82, 2.24) is 4.90 Å². The Morgan fingerprint density at radius 1 is 1.47 bits per heavy atom. The van der Waals surface area contributed by atoms with Crippen LogP contribution in [0, 0.1) is 0 Å². The molecule has 0 aromatic carbocycles. The highest BCUT2D eigenvalue weighted by atomic mass is 16.1. The van der Waals surface area contributed by atoms with E-state index < -0.39 is 5.54 Å². The number of primary amides is 1. The predicted molar refractivity (Wildman–Crippen MR) is 62.5 cm³/mol. The Morgan fingerprint density at radius 2 is 2.00 bits per heavy atom. The van der Waals surface area contributed by atoms with Gasteiger partial charge in [-0.15, -0.1) is 0 Å². The van der Waals surface area contributed by atoms with Gasteiger partial charge in [0.1, 0.15) is 0 Å². The van der Waals surface area contributed by atoms with E-state index in [1.165, 1.54) is 5.57 Å². The number of amides is 1. The summed E-state index contributed by atoms with van der Waals surface area (Å²) in [7, 11) is 0. The molecule has 0 bridgehead atoms. The molecule has 1 heterocycles. The first-order valence-corrected chi connectivity index (χ1v) is 5.71. The zero-order chi connectivity index (χ0) is 11.5. The molecule has 0 aromatic rings. The zero-order valence-corrected chi connectivity index (χ0v) is 10.0. The van der Waals surface area contributed by atoms with E-state index in [-0.39, 0.29) is 5.91 Å². The number of rotatable bonds is 3. The Balaban J connectivity index is 2.58. The molecule has 1 aliphatic heterocycles. The molecule has 0 spiro atoms. The minimum atomic E-state index is -0.502. The number of carbonyl (C=O) groups excluding carboxylic acids is 1. The summed E-state index contributed by atoms with van der Waals surface area (Å²) in [5, 5.41) is 0. The van der Waals surface area contributed by atoms with Crippen molar-refractivity contribution in [3.63, 3.8) is 0 Å². The van der Waals surface area contributed by atoms with Crippen molar-refractivity contribution in [2.75, 3.05) is 13.1 Å². The van der Waals surface area contributed by atoms with Gasteiger partial charge in [0.05, 0.1) is 5.54 Å². The fourth-order valence-corrected chi connectivity index (χ4v) is 2.00. The summed E-state index contributed by atoms with van der Waals surface area (Å²) in [4.78, 5) is 13.5. The lowest BCUT2D eigenvalue weighted by atomic mass is 9.95. The van der Waals surface area contributed by atoms with Crippen molar-refractivity contribution >= 4 is 5.91 Å². The third-order valence-corrected chi connectivity index (χ3v) is 3.29. The van der Waals surface area contributed by atoms with Crippen molar-refractivity contribution < 1.29 is 4.79 Å². The minimum Gasteiger partial charge on any atom is -0.368 e. The van der Waals surface area contributed by atoms with Crippen LogP contribution in [-0.2, 0) is 4.79 Å². The molecule has 0 aliphatic carbocycles. The highest BCUT2D eigenvalue weighted by molar-refractivity contribution is 5.83. The molecule has 2 N–H and O–H groups in total. The SMILES string of the molecule is CCC=C1CCN(C(C)(C)C(N)=O)CC1. The van der Waals surface area contributed by atoms with E-state index in [1.54, 1.807) is 0 Å². The molecule has 0 aromatic heterocycles. The molecule has 0 saturated carbocycles. The van der Waals surface area contributed by atoms with Gasteiger partial charge in [-0.1, -0.05) is 18.6 Å². The Bertz CT molecular complexity index is 259. The van der Waals surface area contributed by atoms with Crippen molar-refractivity contribution in [1.29, 1.82) is 0 Å². The number of hydrogen-bond acceptors (Lipinski definition) is 2. The van der Waals surface area contributed by atoms with Crippen LogP contribution in [0.1, 0.15) is 40.0 Å². The molecule has 0 radical (unpaired) electrons. The molecule has 3 nitrogen and oxygen atoms in total. The van der Waals surface area contributed by atoms with E-state index in [1.807, 2.05) is 13.8 Å². The second kappa shape index (κ2) is 4.79. The van der Waals surface area contributed by atoms with Crippen LogP contribution >= 0.6 is 0 Å². The molecule has 1 rings (SSSR count). The fraction of sp³-hybridized carbons (Fsp3) is 0.750. The van der Waals surface area contributed by atoms with E-state index in [9.17, 15) is 4.79 Å². The Kier molecular flexibility index (Phi) is 3.91. The Morgan fingerprint density at radius 3 is 2.40 bits per heavy atom. The summed E-state index contributed by atoms with van der Waals surface area (Å²) in [6.07, 6.45) is 5.55. The highest BCUT2D eigenvalue weighted by Gasteiger charge is 2.33. The minimum absolute atomic E-state index is 0.231. The Hall–Kier alpha value is -0.830. The van der Waals surface area contributed by atoms with E-state index in [2.05, 4.69) is 17.9 Å². The summed E-state index contributed by atoms with van der Waals surface area (Å²) in [5.74, 6) is -0.231. The first-order chi connectivity index (χ1) is 6.98. The zero-order valence-electron chi connectivity index (χ0n) is 10.0. The molecule has 1 aliphatic rings. The largest absolute Gasteiger partial charge is 0.368 e. The number of likely N-dealkylation sites (tertiary alicyclic amines) is 1. The maximum Gasteiger partial charge on any atom is 0.237 e. The van der Waals surface area contributed by atoms with Gasteiger partial charge in [-0.3, -0.25) is 9.69 Å². The molecule has 15 heavy (non-hydrogen) atoms. The van der Waals surface area contributed by atoms with Crippen LogP contribution in [0.2, 0.25) is 0 Å². The fourth-order valence-electron chi connectivity index (χ4n) is 2.00. The van der Waals surface area contributed by atoms with Crippen LogP contribution in [-0.4, -0.2) is 29.4 Å². The number of nitrogens with zero attached hydrogens (tertiary/aromatic N) is 1. The van der Waals surface area contributed by atoms with E-state index in [0.29, 0.717) is 0 Å². The maximum atomic E-state index is 11.3. The summed E-state index contributed by atoms with van der Waals surface area (Å²) in [6, 6.07) is 0.